The van der Waals surface area contributed by atoms with Gasteiger partial charge in [0, 0.05) is 38.3 Å². The second-order valence-electron chi connectivity index (χ2n) is 5.39. The number of methoxy groups -OCH3 is 3. The van der Waals surface area contributed by atoms with Gasteiger partial charge in [0.25, 0.3) is 0 Å². The van der Waals surface area contributed by atoms with Gasteiger partial charge in [-0.1, -0.05) is 6.92 Å². The normalized spacial score (nSPS) is 10.7. The van der Waals surface area contributed by atoms with Crippen molar-refractivity contribution < 1.29 is 51.7 Å². The molecule has 0 aliphatic carbocycles. The number of aryl methyl sites for hydroxylation is 1. The van der Waals surface area contributed by atoms with Crippen molar-refractivity contribution in [2.24, 2.45) is 0 Å². The largest absolute Gasteiger partial charge is 0.493 e. The van der Waals surface area contributed by atoms with Crippen LogP contribution in [0.1, 0.15) is 28.4 Å². The fraction of sp³-hybridized carbons (Fsp3) is 0.250. The maximum atomic E-state index is 12.7. The van der Waals surface area contributed by atoms with Gasteiger partial charge in [-0.2, -0.15) is 5.56 Å². The Kier molecular flexibility index (Phi) is 8.33. The van der Waals surface area contributed by atoms with E-state index in [1.807, 2.05) is 31.2 Å². The fourth-order valence-electron chi connectivity index (χ4n) is 2.34. The SMILES string of the molecule is COc1cc(C(=O)/C(C)=C/c2[c-]cc(C)cc2)cc(OC)c1OC.[Y]. The third-order valence-electron chi connectivity index (χ3n) is 3.65. The smallest absolute Gasteiger partial charge is 0.203 e. The third-order valence-corrected chi connectivity index (χ3v) is 3.65. The van der Waals surface area contributed by atoms with Crippen molar-refractivity contribution >= 4 is 11.9 Å². The van der Waals surface area contributed by atoms with Crippen LogP contribution in [0.5, 0.6) is 17.2 Å². The number of carbonyl (C=O) groups is 1. The van der Waals surface area contributed by atoms with E-state index in [-0.39, 0.29) is 38.5 Å². The minimum Gasteiger partial charge on any atom is -0.493 e. The molecule has 1 radical (unpaired) electrons. The molecule has 0 aliphatic rings. The summed E-state index contributed by atoms with van der Waals surface area (Å²) in [5, 5.41) is 0. The Labute approximate surface area is 174 Å². The number of carbonyl (C=O) groups excluding carboxylic acids is 1. The van der Waals surface area contributed by atoms with Crippen LogP contribution in [0.25, 0.3) is 6.08 Å². The van der Waals surface area contributed by atoms with Gasteiger partial charge < -0.3 is 14.2 Å². The zero-order chi connectivity index (χ0) is 17.7. The van der Waals surface area contributed by atoms with E-state index in [0.29, 0.717) is 28.4 Å². The molecule has 0 aromatic heterocycles. The van der Waals surface area contributed by atoms with E-state index in [1.165, 1.54) is 21.3 Å². The van der Waals surface area contributed by atoms with Crippen LogP contribution >= 0.6 is 0 Å². The van der Waals surface area contributed by atoms with E-state index in [0.717, 1.165) is 11.1 Å². The molecule has 0 bridgehead atoms. The first kappa shape index (κ1) is 21.4. The summed E-state index contributed by atoms with van der Waals surface area (Å²) in [4.78, 5) is 12.7. The van der Waals surface area contributed by atoms with Crippen LogP contribution < -0.4 is 14.2 Å². The van der Waals surface area contributed by atoms with Crippen molar-refractivity contribution in [2.75, 3.05) is 21.3 Å². The number of ether oxygens (including phenoxy) is 3. The monoisotopic (exact) mass is 414 g/mol. The molecule has 0 saturated heterocycles. The molecule has 0 N–H and O–H groups in total. The molecule has 2 rings (SSSR count). The predicted octanol–water partition coefficient (Wildman–Crippen LogP) is 4.10. The predicted molar refractivity (Wildman–Crippen MR) is 94.1 cm³/mol. The third kappa shape index (κ3) is 5.16. The van der Waals surface area contributed by atoms with Crippen LogP contribution in [0.4, 0.5) is 0 Å². The Balaban J connectivity index is 0.00000312. The minimum absolute atomic E-state index is 0. The zero-order valence-corrected chi connectivity index (χ0v) is 18.0. The van der Waals surface area contributed by atoms with E-state index in [2.05, 4.69) is 6.07 Å². The second kappa shape index (κ2) is 9.74. The van der Waals surface area contributed by atoms with E-state index in [4.69, 9.17) is 14.2 Å². The van der Waals surface area contributed by atoms with Gasteiger partial charge in [-0.3, -0.25) is 4.79 Å². The Morgan fingerprint density at radius 2 is 1.64 bits per heavy atom. The maximum Gasteiger partial charge on any atom is 0.203 e. The molecule has 0 saturated carbocycles. The Hall–Kier alpha value is -1.65. The summed E-state index contributed by atoms with van der Waals surface area (Å²) in [6.07, 6.45) is 1.81. The Bertz CT molecular complexity index is 739. The second-order valence-corrected chi connectivity index (χ2v) is 5.39. The standard InChI is InChI=1S/C20H21O4.Y/c1-13-6-8-15(9-7-13)10-14(2)19(21)16-11-17(22-3)20(24-5)18(12-16)23-4;/h6-8,10-12H,1-5H3;/q-1;/b14-10+;. The van der Waals surface area contributed by atoms with E-state index < -0.39 is 0 Å². The summed E-state index contributed by atoms with van der Waals surface area (Å²) < 4.78 is 15.9. The molecule has 129 valence electrons. The number of ketones is 1. The average molecular weight is 414 g/mol. The number of rotatable bonds is 6. The van der Waals surface area contributed by atoms with Crippen molar-refractivity contribution in [2.45, 2.75) is 13.8 Å². The van der Waals surface area contributed by atoms with Crippen molar-refractivity contribution in [3.05, 3.63) is 58.7 Å². The molecular formula is C20H21O4Y-. The van der Waals surface area contributed by atoms with Gasteiger partial charge in [-0.15, -0.1) is 35.9 Å². The van der Waals surface area contributed by atoms with Crippen molar-refractivity contribution in [1.29, 1.82) is 0 Å². The molecule has 0 aliphatic heterocycles. The topological polar surface area (TPSA) is 44.8 Å². The first-order valence-electron chi connectivity index (χ1n) is 7.51. The molecule has 0 atom stereocenters. The van der Waals surface area contributed by atoms with Crippen molar-refractivity contribution in [3.63, 3.8) is 0 Å². The van der Waals surface area contributed by atoms with Crippen LogP contribution in [0.3, 0.4) is 0 Å². The molecule has 4 nitrogen and oxygen atoms in total. The van der Waals surface area contributed by atoms with Gasteiger partial charge in [0.15, 0.2) is 17.3 Å². The van der Waals surface area contributed by atoms with Crippen LogP contribution in [0.15, 0.2) is 35.9 Å². The molecule has 2 aromatic rings. The Morgan fingerprint density at radius 3 is 2.08 bits per heavy atom. The molecule has 0 fully saturated rings. The molecule has 5 heteroatoms. The maximum absolute atomic E-state index is 12.7. The zero-order valence-electron chi connectivity index (χ0n) is 15.2. The number of hydrogen-bond donors (Lipinski definition) is 0. The van der Waals surface area contributed by atoms with Gasteiger partial charge >= 0.3 is 0 Å². The summed E-state index contributed by atoms with van der Waals surface area (Å²) in [6, 6.07) is 12.3. The minimum atomic E-state index is -0.108. The summed E-state index contributed by atoms with van der Waals surface area (Å²) in [5.41, 5.74) is 3.06. The van der Waals surface area contributed by atoms with Gasteiger partial charge in [0.2, 0.25) is 5.75 Å². The van der Waals surface area contributed by atoms with Crippen molar-refractivity contribution in [3.8, 4) is 17.2 Å². The summed E-state index contributed by atoms with van der Waals surface area (Å²) >= 11 is 0. The number of benzene rings is 2. The summed E-state index contributed by atoms with van der Waals surface area (Å²) in [5.74, 6) is 1.26. The van der Waals surface area contributed by atoms with Gasteiger partial charge in [-0.25, -0.2) is 0 Å². The van der Waals surface area contributed by atoms with Crippen molar-refractivity contribution in [1.82, 2.24) is 0 Å². The first-order valence-corrected chi connectivity index (χ1v) is 7.51. The molecule has 0 heterocycles. The van der Waals surface area contributed by atoms with Gasteiger partial charge in [0.1, 0.15) is 0 Å². The Morgan fingerprint density at radius 1 is 1.04 bits per heavy atom. The van der Waals surface area contributed by atoms with E-state index in [9.17, 15) is 4.79 Å². The number of Topliss-reactive ketones (excluding diaryl/α,β-unsaturated/α-hetero) is 1. The average Bonchev–Trinajstić information content (AvgIpc) is 2.61. The number of allylic oxidation sites excluding steroid dienone is 1. The van der Waals surface area contributed by atoms with Crippen LogP contribution in [0, 0.1) is 13.0 Å². The van der Waals surface area contributed by atoms with Crippen LogP contribution in [0.2, 0.25) is 0 Å². The number of hydrogen-bond acceptors (Lipinski definition) is 4. The molecule has 0 spiro atoms. The summed E-state index contributed by atoms with van der Waals surface area (Å²) in [7, 11) is 4.57. The van der Waals surface area contributed by atoms with E-state index >= 15 is 0 Å². The van der Waals surface area contributed by atoms with Crippen LogP contribution in [-0.4, -0.2) is 27.1 Å². The molecule has 2 aromatic carbocycles. The van der Waals surface area contributed by atoms with Crippen LogP contribution in [-0.2, 0) is 32.7 Å². The molecule has 0 unspecified atom stereocenters. The molecule has 25 heavy (non-hydrogen) atoms. The molecular weight excluding hydrogens is 393 g/mol. The van der Waals surface area contributed by atoms with E-state index in [1.54, 1.807) is 19.1 Å². The molecule has 0 amide bonds. The quantitative estimate of drug-likeness (QED) is 0.406. The fourth-order valence-corrected chi connectivity index (χ4v) is 2.34. The summed E-state index contributed by atoms with van der Waals surface area (Å²) in [6.45, 7) is 3.77. The van der Waals surface area contributed by atoms with Gasteiger partial charge in [0.05, 0.1) is 21.3 Å². The first-order chi connectivity index (χ1) is 11.5. The van der Waals surface area contributed by atoms with Gasteiger partial charge in [-0.05, 0) is 24.6 Å².